The van der Waals surface area contributed by atoms with Gasteiger partial charge in [-0.25, -0.2) is 4.18 Å². The van der Waals surface area contributed by atoms with Crippen LogP contribution in [0.15, 0.2) is 0 Å². The summed E-state index contributed by atoms with van der Waals surface area (Å²) in [5.74, 6) is 4.16. The third-order valence-corrected chi connectivity index (χ3v) is 0.856. The van der Waals surface area contributed by atoms with Gasteiger partial charge in [0.1, 0.15) is 0 Å². The fraction of sp³-hybridized carbons (Fsp3) is 0.667. The van der Waals surface area contributed by atoms with Gasteiger partial charge in [0.25, 0.3) is 0 Å². The first-order valence-corrected chi connectivity index (χ1v) is 3.75. The van der Waals surface area contributed by atoms with E-state index < -0.39 is 10.4 Å². The standard InChI is InChI=1S/C2H6O4S.CH3NO2/c1-2-6-7(3,4)5;2-4-1-3/h2H2,1H3,(H,3,4,5);1H,2H2. The van der Waals surface area contributed by atoms with Crippen LogP contribution in [-0.2, 0) is 24.2 Å². The molecule has 7 nitrogen and oxygen atoms in total. The highest BCUT2D eigenvalue weighted by Gasteiger charge is 1.98. The number of hydrogen-bond donors (Lipinski definition) is 2. The molecule has 0 rings (SSSR count). The van der Waals surface area contributed by atoms with Gasteiger partial charge in [-0.1, -0.05) is 0 Å². The van der Waals surface area contributed by atoms with Gasteiger partial charge in [-0.05, 0) is 6.92 Å². The highest BCUT2D eigenvalue weighted by atomic mass is 32.3. The molecule has 0 unspecified atom stereocenters. The maximum atomic E-state index is 9.56. The van der Waals surface area contributed by atoms with Crippen LogP contribution in [0.2, 0.25) is 0 Å². The second kappa shape index (κ2) is 7.41. The zero-order valence-corrected chi connectivity index (χ0v) is 6.58. The van der Waals surface area contributed by atoms with Crippen molar-refractivity contribution in [3.05, 3.63) is 0 Å². The Labute approximate surface area is 64.0 Å². The maximum absolute atomic E-state index is 9.56. The largest absolute Gasteiger partial charge is 0.397 e. The van der Waals surface area contributed by atoms with E-state index in [9.17, 15) is 8.42 Å². The summed E-state index contributed by atoms with van der Waals surface area (Å²) in [5.41, 5.74) is 0. The average Bonchev–Trinajstić information content (AvgIpc) is 1.86. The summed E-state index contributed by atoms with van der Waals surface area (Å²) >= 11 is 0. The van der Waals surface area contributed by atoms with Crippen molar-refractivity contribution in [3.8, 4) is 0 Å². The van der Waals surface area contributed by atoms with Crippen molar-refractivity contribution in [1.82, 2.24) is 0 Å². The first kappa shape index (κ1) is 12.9. The molecule has 0 aliphatic rings. The Bertz CT molecular complexity index is 174. The summed E-state index contributed by atoms with van der Waals surface area (Å²) in [6.45, 7) is 1.59. The summed E-state index contributed by atoms with van der Waals surface area (Å²) in [5, 5.41) is 0. The van der Waals surface area contributed by atoms with E-state index in [1.54, 1.807) is 0 Å². The second-order valence-corrected chi connectivity index (χ2v) is 2.16. The van der Waals surface area contributed by atoms with Crippen LogP contribution in [-0.4, -0.2) is 26.0 Å². The van der Waals surface area contributed by atoms with E-state index in [-0.39, 0.29) is 13.1 Å². The lowest BCUT2D eigenvalue weighted by molar-refractivity contribution is -0.129. The zero-order chi connectivity index (χ0) is 9.33. The Morgan fingerprint density at radius 3 is 2.00 bits per heavy atom. The van der Waals surface area contributed by atoms with Crippen molar-refractivity contribution in [2.75, 3.05) is 6.61 Å². The van der Waals surface area contributed by atoms with Crippen LogP contribution in [0.3, 0.4) is 0 Å². The number of carbonyl (C=O) groups is 1. The lowest BCUT2D eigenvalue weighted by Gasteiger charge is -1.88. The van der Waals surface area contributed by atoms with Gasteiger partial charge in [0.15, 0.2) is 0 Å². The van der Waals surface area contributed by atoms with E-state index in [1.165, 1.54) is 6.92 Å². The van der Waals surface area contributed by atoms with Crippen LogP contribution in [0.4, 0.5) is 0 Å². The minimum absolute atomic E-state index is 0.0289. The molecular weight excluding hydrogens is 178 g/mol. The fourth-order valence-corrected chi connectivity index (χ4v) is 0.447. The van der Waals surface area contributed by atoms with Gasteiger partial charge in [-0.15, -0.1) is 0 Å². The Morgan fingerprint density at radius 2 is 2.00 bits per heavy atom. The van der Waals surface area contributed by atoms with Crippen molar-refractivity contribution in [2.24, 2.45) is 5.90 Å². The van der Waals surface area contributed by atoms with Crippen LogP contribution in [0, 0.1) is 0 Å². The molecule has 3 N–H and O–H groups in total. The molecule has 0 saturated heterocycles. The molecule has 0 atom stereocenters. The molecule has 0 heterocycles. The van der Waals surface area contributed by atoms with Gasteiger partial charge >= 0.3 is 16.9 Å². The highest BCUT2D eigenvalue weighted by Crippen LogP contribution is 1.81. The number of rotatable bonds is 3. The summed E-state index contributed by atoms with van der Waals surface area (Å²) in [7, 11) is -4.17. The van der Waals surface area contributed by atoms with E-state index in [0.29, 0.717) is 0 Å². The first-order chi connectivity index (χ1) is 4.97. The molecule has 0 radical (unpaired) electrons. The van der Waals surface area contributed by atoms with E-state index in [1.807, 2.05) is 0 Å². The van der Waals surface area contributed by atoms with E-state index >= 15 is 0 Å². The van der Waals surface area contributed by atoms with Gasteiger partial charge in [-0.3, -0.25) is 9.35 Å². The second-order valence-electron chi connectivity index (χ2n) is 1.07. The van der Waals surface area contributed by atoms with Crippen LogP contribution >= 0.6 is 0 Å². The number of nitrogens with two attached hydrogens (primary N) is 1. The van der Waals surface area contributed by atoms with Crippen molar-refractivity contribution >= 4 is 16.9 Å². The van der Waals surface area contributed by atoms with Gasteiger partial charge in [-0.2, -0.15) is 14.3 Å². The molecule has 0 aliphatic carbocycles. The maximum Gasteiger partial charge on any atom is 0.397 e. The van der Waals surface area contributed by atoms with Crippen LogP contribution in [0.25, 0.3) is 0 Å². The van der Waals surface area contributed by atoms with Crippen molar-refractivity contribution in [1.29, 1.82) is 0 Å². The van der Waals surface area contributed by atoms with Crippen LogP contribution < -0.4 is 5.90 Å². The van der Waals surface area contributed by atoms with Gasteiger partial charge in [0.2, 0.25) is 0 Å². The molecule has 8 heteroatoms. The third kappa shape index (κ3) is 26.8. The summed E-state index contributed by atoms with van der Waals surface area (Å²) in [6.07, 6.45) is 0. The molecule has 0 aromatic rings. The summed E-state index contributed by atoms with van der Waals surface area (Å²) in [4.78, 5) is 12.2. The predicted molar refractivity (Wildman–Crippen MR) is 34.5 cm³/mol. The molecular formula is C3H9NO6S. The van der Waals surface area contributed by atoms with E-state index in [0.717, 1.165) is 0 Å². The molecule has 0 aromatic carbocycles. The van der Waals surface area contributed by atoms with Crippen molar-refractivity contribution < 1.29 is 26.8 Å². The van der Waals surface area contributed by atoms with Gasteiger partial charge < -0.3 is 4.84 Å². The molecule has 0 bridgehead atoms. The Balaban J connectivity index is 0. The first-order valence-electron chi connectivity index (χ1n) is 2.39. The fourth-order valence-electron chi connectivity index (χ4n) is 0.149. The molecule has 68 valence electrons. The lowest BCUT2D eigenvalue weighted by Crippen LogP contribution is -2.01. The third-order valence-electron chi connectivity index (χ3n) is 0.322. The molecule has 0 aliphatic heterocycles. The average molecular weight is 187 g/mol. The monoisotopic (exact) mass is 187 g/mol. The predicted octanol–water partition coefficient (Wildman–Crippen LogP) is -1.14. The minimum Gasteiger partial charge on any atom is -0.376 e. The molecule has 0 saturated carbocycles. The highest BCUT2D eigenvalue weighted by molar-refractivity contribution is 7.80. The van der Waals surface area contributed by atoms with Gasteiger partial charge in [0.05, 0.1) is 6.61 Å². The summed E-state index contributed by atoms with van der Waals surface area (Å²) < 4.78 is 30.7. The minimum atomic E-state index is -4.17. The number of hydrogen-bond acceptors (Lipinski definition) is 6. The normalized spacial score (nSPS) is 9.36. The molecule has 11 heavy (non-hydrogen) atoms. The molecule has 0 aromatic heterocycles. The van der Waals surface area contributed by atoms with E-state index in [4.69, 9.17) is 9.35 Å². The Morgan fingerprint density at radius 1 is 1.64 bits per heavy atom. The lowest BCUT2D eigenvalue weighted by atomic mass is 10.9. The van der Waals surface area contributed by atoms with Crippen LogP contribution in [0.5, 0.6) is 0 Å². The molecule has 0 spiro atoms. The molecule has 0 amide bonds. The topological polar surface area (TPSA) is 116 Å². The summed E-state index contributed by atoms with van der Waals surface area (Å²) in [6, 6.07) is 0. The molecule has 0 fully saturated rings. The van der Waals surface area contributed by atoms with Gasteiger partial charge in [0, 0.05) is 0 Å². The van der Waals surface area contributed by atoms with Crippen molar-refractivity contribution in [2.45, 2.75) is 6.92 Å². The SMILES string of the molecule is CCOS(=O)(=O)O.NOC=O. The smallest absolute Gasteiger partial charge is 0.376 e. The number of carbonyl (C=O) groups excluding carboxylic acids is 1. The Kier molecular flexibility index (Phi) is 8.71. The quantitative estimate of drug-likeness (QED) is 0.326. The zero-order valence-electron chi connectivity index (χ0n) is 5.76. The van der Waals surface area contributed by atoms with E-state index in [2.05, 4.69) is 14.9 Å². The van der Waals surface area contributed by atoms with Crippen LogP contribution in [0.1, 0.15) is 6.92 Å². The van der Waals surface area contributed by atoms with Crippen molar-refractivity contribution in [3.63, 3.8) is 0 Å². The Hall–Kier alpha value is -0.700.